The van der Waals surface area contributed by atoms with Crippen molar-refractivity contribution in [3.05, 3.63) is 65.2 Å². The highest BCUT2D eigenvalue weighted by Gasteiger charge is 2.20. The van der Waals surface area contributed by atoms with E-state index in [2.05, 4.69) is 26.0 Å². The Morgan fingerprint density at radius 3 is 1.91 bits per heavy atom. The summed E-state index contributed by atoms with van der Waals surface area (Å²) in [5, 5.41) is 0. The Morgan fingerprint density at radius 2 is 1.43 bits per heavy atom. The monoisotopic (exact) mass is 332 g/mol. The van der Waals surface area contributed by atoms with Crippen molar-refractivity contribution in [2.75, 3.05) is 11.9 Å². The van der Waals surface area contributed by atoms with Crippen LogP contribution in [0.25, 0.3) is 0 Å². The Morgan fingerprint density at radius 1 is 0.957 bits per heavy atom. The Hall–Kier alpha value is -1.84. The number of carbonyl (C=O) groups excluding carboxylic acids is 1. The predicted molar refractivity (Wildman–Crippen MR) is 99.3 cm³/mol. The summed E-state index contributed by atoms with van der Waals surface area (Å²) < 4.78 is 0. The first-order valence-corrected chi connectivity index (χ1v) is 7.60. The Bertz CT molecular complexity index is 635. The summed E-state index contributed by atoms with van der Waals surface area (Å²) in [6, 6.07) is 15.2. The minimum Gasteiger partial charge on any atom is -0.316 e. The van der Waals surface area contributed by atoms with Gasteiger partial charge in [0.2, 0.25) is 5.91 Å². The number of nitrogens with zero attached hydrogens (tertiary/aromatic N) is 1. The van der Waals surface area contributed by atoms with E-state index in [-0.39, 0.29) is 18.3 Å². The molecule has 23 heavy (non-hydrogen) atoms. The zero-order chi connectivity index (χ0) is 16.3. The van der Waals surface area contributed by atoms with Crippen LogP contribution >= 0.6 is 12.4 Å². The van der Waals surface area contributed by atoms with Crippen LogP contribution < -0.4 is 10.6 Å². The first-order chi connectivity index (χ1) is 10.4. The molecule has 2 N–H and O–H groups in total. The van der Waals surface area contributed by atoms with Crippen LogP contribution in [0.1, 0.15) is 42.5 Å². The Kier molecular flexibility index (Phi) is 6.79. The lowest BCUT2D eigenvalue weighted by Crippen LogP contribution is -2.35. The smallest absolute Gasteiger partial charge is 0.248 e. The van der Waals surface area contributed by atoms with Crippen molar-refractivity contribution in [3.63, 3.8) is 0 Å². The summed E-state index contributed by atoms with van der Waals surface area (Å²) >= 11 is 0. The largest absolute Gasteiger partial charge is 0.316 e. The molecule has 0 bridgehead atoms. The number of aryl methyl sites for hydroxylation is 1. The van der Waals surface area contributed by atoms with Crippen molar-refractivity contribution >= 4 is 24.0 Å². The summed E-state index contributed by atoms with van der Waals surface area (Å²) in [5.74, 6) is 0.367. The van der Waals surface area contributed by atoms with E-state index >= 15 is 0 Å². The van der Waals surface area contributed by atoms with Crippen molar-refractivity contribution in [1.82, 2.24) is 0 Å². The number of carbonyl (C=O) groups is 1. The van der Waals surface area contributed by atoms with Crippen LogP contribution in [-0.2, 0) is 4.79 Å². The molecule has 4 heteroatoms. The third kappa shape index (κ3) is 4.57. The molecule has 0 saturated heterocycles. The first kappa shape index (κ1) is 19.2. The molecule has 0 aliphatic heterocycles. The van der Waals surface area contributed by atoms with E-state index in [1.54, 1.807) is 11.9 Å². The van der Waals surface area contributed by atoms with Gasteiger partial charge in [0.15, 0.2) is 0 Å². The topological polar surface area (TPSA) is 46.3 Å². The fourth-order valence-corrected chi connectivity index (χ4v) is 2.34. The lowest BCUT2D eigenvalue weighted by molar-refractivity contribution is -0.119. The third-order valence-corrected chi connectivity index (χ3v) is 3.98. The lowest BCUT2D eigenvalue weighted by Gasteiger charge is -2.22. The molecule has 2 aromatic carbocycles. The normalized spacial score (nSPS) is 11.7. The maximum absolute atomic E-state index is 12.5. The average molecular weight is 333 g/mol. The van der Waals surface area contributed by atoms with Gasteiger partial charge in [-0.3, -0.25) is 4.79 Å². The van der Waals surface area contributed by atoms with Crippen LogP contribution in [-0.4, -0.2) is 13.0 Å². The van der Waals surface area contributed by atoms with Crippen LogP contribution in [0.4, 0.5) is 5.69 Å². The number of likely N-dealkylation sites (N-methyl/N-ethyl adjacent to an activating group) is 1. The van der Waals surface area contributed by atoms with E-state index in [9.17, 15) is 4.79 Å². The number of nitrogens with two attached hydrogens (primary N) is 1. The van der Waals surface area contributed by atoms with Gasteiger partial charge in [-0.1, -0.05) is 55.8 Å². The van der Waals surface area contributed by atoms with E-state index in [1.165, 1.54) is 5.56 Å². The van der Waals surface area contributed by atoms with E-state index in [0.717, 1.165) is 16.8 Å². The number of halogens is 1. The van der Waals surface area contributed by atoms with Crippen LogP contribution in [0.3, 0.4) is 0 Å². The standard InChI is InChI=1S/C19H24N2O.ClH/c1-13(2)15-9-11-17(12-10-15)21(4)19(22)18(20)16-7-5-14(3)6-8-16;/h5-13,18H,20H2,1-4H3;1H. The highest BCUT2D eigenvalue weighted by molar-refractivity contribution is 5.97. The van der Waals surface area contributed by atoms with Gasteiger partial charge in [0.05, 0.1) is 0 Å². The van der Waals surface area contributed by atoms with Crippen LogP contribution in [0.5, 0.6) is 0 Å². The molecule has 2 rings (SSSR count). The van der Waals surface area contributed by atoms with E-state index in [0.29, 0.717) is 5.92 Å². The number of hydrogen-bond acceptors (Lipinski definition) is 2. The molecule has 0 saturated carbocycles. The first-order valence-electron chi connectivity index (χ1n) is 7.60. The highest BCUT2D eigenvalue weighted by Crippen LogP contribution is 2.22. The molecular weight excluding hydrogens is 308 g/mol. The molecule has 0 heterocycles. The second-order valence-electron chi connectivity index (χ2n) is 6.03. The van der Waals surface area contributed by atoms with Crippen molar-refractivity contribution in [1.29, 1.82) is 0 Å². The Balaban J connectivity index is 0.00000264. The molecule has 0 radical (unpaired) electrons. The number of rotatable bonds is 4. The van der Waals surface area contributed by atoms with E-state index in [4.69, 9.17) is 5.73 Å². The molecule has 1 unspecified atom stereocenters. The van der Waals surface area contributed by atoms with Gasteiger partial charge in [-0.2, -0.15) is 0 Å². The van der Waals surface area contributed by atoms with Gasteiger partial charge in [-0.15, -0.1) is 12.4 Å². The summed E-state index contributed by atoms with van der Waals surface area (Å²) in [7, 11) is 1.76. The summed E-state index contributed by atoms with van der Waals surface area (Å²) in [6.07, 6.45) is 0. The molecule has 0 aliphatic rings. The van der Waals surface area contributed by atoms with Gasteiger partial charge in [0.25, 0.3) is 0 Å². The van der Waals surface area contributed by atoms with Gasteiger partial charge in [-0.05, 0) is 36.1 Å². The van der Waals surface area contributed by atoms with Gasteiger partial charge < -0.3 is 10.6 Å². The molecule has 0 fully saturated rings. The minimum atomic E-state index is -0.643. The van der Waals surface area contributed by atoms with E-state index in [1.807, 2.05) is 43.3 Å². The molecule has 0 spiro atoms. The molecular formula is C19H25ClN2O. The molecule has 124 valence electrons. The van der Waals surface area contributed by atoms with Crippen molar-refractivity contribution < 1.29 is 4.79 Å². The summed E-state index contributed by atoms with van der Waals surface area (Å²) in [4.78, 5) is 14.2. The molecule has 1 amide bonds. The SMILES string of the molecule is Cc1ccc(C(N)C(=O)N(C)c2ccc(C(C)C)cc2)cc1.Cl. The second kappa shape index (κ2) is 8.14. The van der Waals surface area contributed by atoms with Gasteiger partial charge >= 0.3 is 0 Å². The zero-order valence-electron chi connectivity index (χ0n) is 14.1. The highest BCUT2D eigenvalue weighted by atomic mass is 35.5. The summed E-state index contributed by atoms with van der Waals surface area (Å²) in [5.41, 5.74) is 10.2. The zero-order valence-corrected chi connectivity index (χ0v) is 14.9. The fraction of sp³-hybridized carbons (Fsp3) is 0.316. The maximum atomic E-state index is 12.5. The molecule has 0 aromatic heterocycles. The third-order valence-electron chi connectivity index (χ3n) is 3.98. The van der Waals surface area contributed by atoms with Crippen molar-refractivity contribution in [2.45, 2.75) is 32.7 Å². The van der Waals surface area contributed by atoms with Crippen LogP contribution in [0, 0.1) is 6.92 Å². The molecule has 3 nitrogen and oxygen atoms in total. The molecule has 0 aliphatic carbocycles. The molecule has 1 atom stereocenters. The number of benzene rings is 2. The predicted octanol–water partition coefficient (Wildman–Crippen LogP) is 4.20. The van der Waals surface area contributed by atoms with Crippen molar-refractivity contribution in [2.24, 2.45) is 5.73 Å². The number of amides is 1. The quantitative estimate of drug-likeness (QED) is 0.911. The maximum Gasteiger partial charge on any atom is 0.248 e. The van der Waals surface area contributed by atoms with Gasteiger partial charge in [-0.25, -0.2) is 0 Å². The number of anilines is 1. The average Bonchev–Trinajstić information content (AvgIpc) is 2.53. The summed E-state index contributed by atoms with van der Waals surface area (Å²) in [6.45, 7) is 6.31. The minimum absolute atomic E-state index is 0. The van der Waals surface area contributed by atoms with Crippen LogP contribution in [0.2, 0.25) is 0 Å². The molecule has 2 aromatic rings. The Labute approximate surface area is 144 Å². The van der Waals surface area contributed by atoms with E-state index < -0.39 is 6.04 Å². The number of hydrogen-bond donors (Lipinski definition) is 1. The lowest BCUT2D eigenvalue weighted by atomic mass is 10.0. The van der Waals surface area contributed by atoms with Crippen LogP contribution in [0.15, 0.2) is 48.5 Å². The van der Waals surface area contributed by atoms with Gasteiger partial charge in [0.1, 0.15) is 6.04 Å². The fourth-order valence-electron chi connectivity index (χ4n) is 2.34. The van der Waals surface area contributed by atoms with Gasteiger partial charge in [0, 0.05) is 12.7 Å². The second-order valence-corrected chi connectivity index (χ2v) is 6.03. The van der Waals surface area contributed by atoms with Crippen molar-refractivity contribution in [3.8, 4) is 0 Å².